The normalized spacial score (nSPS) is 13.9. The summed E-state index contributed by atoms with van der Waals surface area (Å²) in [6.07, 6.45) is 2.34. The fourth-order valence-corrected chi connectivity index (χ4v) is 7.46. The highest BCUT2D eigenvalue weighted by Crippen LogP contribution is 2.40. The second-order valence-corrected chi connectivity index (χ2v) is 15.6. The van der Waals surface area contributed by atoms with Crippen LogP contribution in [0.4, 0.5) is 4.39 Å². The third-order valence-corrected chi connectivity index (χ3v) is 11.4. The van der Waals surface area contributed by atoms with Gasteiger partial charge in [0.05, 0.1) is 24.8 Å². The number of nitrogens with zero attached hydrogens (tertiary/aromatic N) is 2. The predicted molar refractivity (Wildman–Crippen MR) is 219 cm³/mol. The summed E-state index contributed by atoms with van der Waals surface area (Å²) in [4.78, 5) is 62.7. The lowest BCUT2D eigenvalue weighted by Gasteiger charge is -2.45. The van der Waals surface area contributed by atoms with Gasteiger partial charge in [-0.3, -0.25) is 24.0 Å². The van der Waals surface area contributed by atoms with Gasteiger partial charge >= 0.3 is 11.9 Å². The van der Waals surface area contributed by atoms with Crippen molar-refractivity contribution in [3.8, 4) is 11.1 Å². The number of benzene rings is 2. The molecule has 3 aromatic rings. The topological polar surface area (TPSA) is 240 Å². The third kappa shape index (κ3) is 13.4. The van der Waals surface area contributed by atoms with Gasteiger partial charge in [0, 0.05) is 55.8 Å². The zero-order valence-electron chi connectivity index (χ0n) is 33.5. The Hall–Kier alpha value is -4.81. The molecule has 0 saturated heterocycles. The number of ether oxygens (including phenoxy) is 1. The van der Waals surface area contributed by atoms with Crippen LogP contribution in [0.1, 0.15) is 57.4 Å². The van der Waals surface area contributed by atoms with Gasteiger partial charge in [-0.1, -0.05) is 57.2 Å². The van der Waals surface area contributed by atoms with E-state index >= 15 is 0 Å². The Balaban J connectivity index is 1.65. The molecule has 0 saturated carbocycles. The minimum atomic E-state index is -1.27. The van der Waals surface area contributed by atoms with Gasteiger partial charge in [-0.25, -0.2) is 4.39 Å². The maximum absolute atomic E-state index is 14.6. The van der Waals surface area contributed by atoms with Crippen LogP contribution in [-0.2, 0) is 47.2 Å². The van der Waals surface area contributed by atoms with Crippen LogP contribution in [0.5, 0.6) is 0 Å². The molecule has 0 aliphatic rings. The van der Waals surface area contributed by atoms with Crippen molar-refractivity contribution in [3.05, 3.63) is 83.4 Å². The molecule has 1 aromatic heterocycles. The van der Waals surface area contributed by atoms with Crippen LogP contribution in [-0.4, -0.2) is 117 Å². The largest absolute Gasteiger partial charge is 0.480 e. The quantitative estimate of drug-likeness (QED) is 0.0611. The molecule has 1 heterocycles. The minimum Gasteiger partial charge on any atom is -0.480 e. The van der Waals surface area contributed by atoms with E-state index in [1.165, 1.54) is 12.1 Å². The molecular formula is C41H57FN6O9S. The van der Waals surface area contributed by atoms with Crippen molar-refractivity contribution >= 4 is 41.4 Å². The number of carbonyl (C=O) groups excluding carboxylic acids is 3. The van der Waals surface area contributed by atoms with Crippen LogP contribution in [0, 0.1) is 11.7 Å². The highest BCUT2D eigenvalue weighted by atomic mass is 32.2. The number of hydrogen-bond acceptors (Lipinski definition) is 10. The van der Waals surface area contributed by atoms with Crippen molar-refractivity contribution in [3.63, 3.8) is 0 Å². The molecule has 3 amide bonds. The van der Waals surface area contributed by atoms with Crippen LogP contribution in [0.2, 0.25) is 0 Å². The maximum atomic E-state index is 14.6. The highest BCUT2D eigenvalue weighted by Gasteiger charge is 2.42. The van der Waals surface area contributed by atoms with Gasteiger partial charge < -0.3 is 51.6 Å². The zero-order chi connectivity index (χ0) is 43.0. The Kier molecular flexibility index (Phi) is 18.8. The lowest BCUT2D eigenvalue weighted by molar-refractivity contribution is -0.144. The monoisotopic (exact) mass is 828 g/mol. The summed E-state index contributed by atoms with van der Waals surface area (Å²) in [5.74, 6) is -4.84. The number of halogens is 1. The molecule has 0 bridgehead atoms. The van der Waals surface area contributed by atoms with E-state index in [-0.39, 0.29) is 63.2 Å². The van der Waals surface area contributed by atoms with E-state index in [0.29, 0.717) is 13.0 Å². The number of nitrogens with one attached hydrogen (secondary N) is 2. The average molecular weight is 829 g/mol. The van der Waals surface area contributed by atoms with E-state index in [1.54, 1.807) is 11.0 Å². The summed E-state index contributed by atoms with van der Waals surface area (Å²) in [7, 11) is 0. The molecular weight excluding hydrogens is 772 g/mol. The molecule has 2 aromatic carbocycles. The average Bonchev–Trinajstić information content (AvgIpc) is 3.62. The highest BCUT2D eigenvalue weighted by molar-refractivity contribution is 8.00. The second-order valence-electron chi connectivity index (χ2n) is 14.3. The Morgan fingerprint density at radius 2 is 1.64 bits per heavy atom. The molecule has 0 radical (unpaired) electrons. The summed E-state index contributed by atoms with van der Waals surface area (Å²) in [6.45, 7) is 7.93. The molecule has 3 rings (SSSR count). The van der Waals surface area contributed by atoms with Crippen molar-refractivity contribution < 1.29 is 48.4 Å². The molecule has 0 fully saturated rings. The fourth-order valence-electron chi connectivity index (χ4n) is 6.46. The standard InChI is InChI=1S/C41H57FN6O9S/c1-5-28-11-12-30(42)20-31(28)29-19-35(47(23-29)22-27-9-7-6-8-10-27)41(4,26(2)3)48(37(51)24-49)16-13-32(43)38(52)46-15-18-57-17-14-45-36(50)21-34(40(55)56)58-25-33(44)39(53)54/h6-12,19-20,23,26,32-34,49H,5,13-18,21-22,24-25,43-44H2,1-4H3,(H,45,50)(H,46,52)(H,53,54)(H,55,56)/t32-,33-,34?,41+/m0/s1. The molecule has 0 aliphatic heterocycles. The SMILES string of the molecule is CCc1ccc(F)cc1-c1cc([C@@](C)(C(C)C)N(CC[C@H](N)C(=O)NCCOCCNC(=O)CC(SC[C@H](N)C(=O)O)C(=O)O)C(=O)CO)n(Cc2ccccc2)c1. The number of carboxylic acids is 2. The van der Waals surface area contributed by atoms with E-state index in [2.05, 4.69) is 15.2 Å². The Morgan fingerprint density at radius 1 is 0.966 bits per heavy atom. The Labute approximate surface area is 342 Å². The minimum absolute atomic E-state index is 0.0402. The molecule has 9 N–H and O–H groups in total. The third-order valence-electron chi connectivity index (χ3n) is 10.1. The number of aryl methyl sites for hydroxylation is 1. The van der Waals surface area contributed by atoms with E-state index in [9.17, 15) is 38.6 Å². The number of aliphatic hydroxyl groups excluding tert-OH is 1. The van der Waals surface area contributed by atoms with Gasteiger partial charge in [-0.15, -0.1) is 11.8 Å². The van der Waals surface area contributed by atoms with Crippen molar-refractivity contribution in [1.29, 1.82) is 0 Å². The number of thioether (sulfide) groups is 1. The molecule has 58 heavy (non-hydrogen) atoms. The predicted octanol–water partition coefficient (Wildman–Crippen LogP) is 2.55. The number of aliphatic carboxylic acids is 2. The van der Waals surface area contributed by atoms with Crippen LogP contribution >= 0.6 is 11.8 Å². The second kappa shape index (κ2) is 23.0. The van der Waals surface area contributed by atoms with Gasteiger partial charge in [0.25, 0.3) is 0 Å². The van der Waals surface area contributed by atoms with E-state index in [4.69, 9.17) is 21.3 Å². The van der Waals surface area contributed by atoms with Gasteiger partial charge in [0.15, 0.2) is 0 Å². The van der Waals surface area contributed by atoms with Gasteiger partial charge in [0.1, 0.15) is 23.7 Å². The summed E-state index contributed by atoms with van der Waals surface area (Å²) in [6, 6.07) is 14.2. The smallest absolute Gasteiger partial charge is 0.321 e. The number of hydrogen-bond donors (Lipinski definition) is 7. The molecule has 1 unspecified atom stereocenters. The van der Waals surface area contributed by atoms with Crippen molar-refractivity contribution in [2.45, 2.75) is 76.4 Å². The summed E-state index contributed by atoms with van der Waals surface area (Å²) >= 11 is 0.770. The van der Waals surface area contributed by atoms with Gasteiger partial charge in [-0.2, -0.15) is 0 Å². The summed E-state index contributed by atoms with van der Waals surface area (Å²) in [5, 5.41) is 32.5. The van der Waals surface area contributed by atoms with Crippen molar-refractivity contribution in [2.75, 3.05) is 45.2 Å². The molecule has 0 spiro atoms. The number of aromatic nitrogens is 1. The van der Waals surface area contributed by atoms with Crippen molar-refractivity contribution in [1.82, 2.24) is 20.1 Å². The zero-order valence-corrected chi connectivity index (χ0v) is 34.3. The Bertz CT molecular complexity index is 1850. The maximum Gasteiger partial charge on any atom is 0.321 e. The lowest BCUT2D eigenvalue weighted by atomic mass is 9.82. The van der Waals surface area contributed by atoms with Crippen LogP contribution in [0.3, 0.4) is 0 Å². The first-order chi connectivity index (χ1) is 27.5. The number of amides is 3. The molecule has 15 nitrogen and oxygen atoms in total. The fraction of sp³-hybridized carbons (Fsp3) is 0.488. The van der Waals surface area contributed by atoms with Gasteiger partial charge in [-0.05, 0) is 60.6 Å². The molecule has 17 heteroatoms. The van der Waals surface area contributed by atoms with E-state index in [0.717, 1.165) is 39.7 Å². The van der Waals surface area contributed by atoms with Crippen LogP contribution < -0.4 is 22.1 Å². The summed E-state index contributed by atoms with van der Waals surface area (Å²) < 4.78 is 22.1. The number of carboxylic acid groups (broad SMARTS) is 2. The molecule has 4 atom stereocenters. The number of carbonyl (C=O) groups is 5. The van der Waals surface area contributed by atoms with Crippen molar-refractivity contribution in [2.24, 2.45) is 17.4 Å². The molecule has 0 aliphatic carbocycles. The molecule has 318 valence electrons. The van der Waals surface area contributed by atoms with Gasteiger partial charge in [0.2, 0.25) is 17.7 Å². The van der Waals surface area contributed by atoms with E-state index < -0.39 is 59.1 Å². The first-order valence-corrected chi connectivity index (χ1v) is 20.2. The number of aliphatic hydroxyl groups is 1. The van der Waals surface area contributed by atoms with E-state index in [1.807, 2.05) is 70.3 Å². The summed E-state index contributed by atoms with van der Waals surface area (Å²) in [5.41, 5.74) is 15.0. The number of nitrogens with two attached hydrogens (primary N) is 2. The van der Waals surface area contributed by atoms with Crippen LogP contribution in [0.25, 0.3) is 11.1 Å². The lowest BCUT2D eigenvalue weighted by Crippen LogP contribution is -2.54. The first-order valence-electron chi connectivity index (χ1n) is 19.2. The Morgan fingerprint density at radius 3 is 2.24 bits per heavy atom. The first kappa shape index (κ1) is 47.6. The van der Waals surface area contributed by atoms with Crippen LogP contribution in [0.15, 0.2) is 60.8 Å². The number of rotatable bonds is 25.